The highest BCUT2D eigenvalue weighted by atomic mass is 16.5. The molecule has 2 saturated heterocycles. The first-order valence-electron chi connectivity index (χ1n) is 8.23. The van der Waals surface area contributed by atoms with Crippen molar-refractivity contribution in [3.8, 4) is 0 Å². The summed E-state index contributed by atoms with van der Waals surface area (Å²) >= 11 is 0. The predicted molar refractivity (Wildman–Crippen MR) is 89.1 cm³/mol. The topological polar surface area (TPSA) is 93.5 Å². The molecule has 130 valence electrons. The van der Waals surface area contributed by atoms with Gasteiger partial charge in [0, 0.05) is 25.1 Å². The van der Waals surface area contributed by atoms with Crippen molar-refractivity contribution in [3.05, 3.63) is 48.2 Å². The van der Waals surface area contributed by atoms with Crippen LogP contribution in [0.2, 0.25) is 0 Å². The van der Waals surface area contributed by atoms with Crippen LogP contribution >= 0.6 is 0 Å². The Hall–Kier alpha value is -2.67. The summed E-state index contributed by atoms with van der Waals surface area (Å²) in [6.07, 6.45) is 2.26. The number of benzene rings is 1. The van der Waals surface area contributed by atoms with Gasteiger partial charge in [-0.25, -0.2) is 0 Å². The van der Waals surface area contributed by atoms with Gasteiger partial charge in [0.1, 0.15) is 5.60 Å². The minimum absolute atomic E-state index is 0.0381. The molecule has 3 heterocycles. The maximum atomic E-state index is 12.5. The number of nitrogens with zero attached hydrogens (tertiary/aromatic N) is 2. The Bertz CT molecular complexity index is 824. The molecule has 1 saturated carbocycles. The largest absolute Gasteiger partial charge is 0.481 e. The van der Waals surface area contributed by atoms with Crippen molar-refractivity contribution in [3.63, 3.8) is 0 Å². The molecular weight excluding hydrogens is 322 g/mol. The zero-order chi connectivity index (χ0) is 17.7. The molecule has 0 radical (unpaired) electrons. The Morgan fingerprint density at radius 1 is 1.28 bits per heavy atom. The van der Waals surface area contributed by atoms with Gasteiger partial charge in [0.05, 0.1) is 18.1 Å². The molecule has 1 unspecified atom stereocenters. The van der Waals surface area contributed by atoms with Crippen molar-refractivity contribution in [2.45, 2.75) is 31.4 Å². The van der Waals surface area contributed by atoms with Crippen molar-refractivity contribution < 1.29 is 19.4 Å². The summed E-state index contributed by atoms with van der Waals surface area (Å²) < 4.78 is 7.29. The van der Waals surface area contributed by atoms with Crippen molar-refractivity contribution >= 4 is 17.7 Å². The Morgan fingerprint density at radius 2 is 2.00 bits per heavy atom. The van der Waals surface area contributed by atoms with Crippen molar-refractivity contribution in [1.82, 2.24) is 9.78 Å². The van der Waals surface area contributed by atoms with Crippen molar-refractivity contribution in [1.29, 1.82) is 0 Å². The van der Waals surface area contributed by atoms with Crippen LogP contribution in [0, 0.1) is 5.41 Å². The Kier molecular flexibility index (Phi) is 3.43. The van der Waals surface area contributed by atoms with E-state index in [-0.39, 0.29) is 31.4 Å². The Labute approximate surface area is 144 Å². The number of hydrogen-bond donors (Lipinski definition) is 2. The zero-order valence-corrected chi connectivity index (χ0v) is 13.8. The molecular formula is C18H19N3O4. The molecule has 3 aliphatic rings. The second-order valence-corrected chi connectivity index (χ2v) is 6.94. The third kappa shape index (κ3) is 2.42. The summed E-state index contributed by atoms with van der Waals surface area (Å²) in [4.78, 5) is 23.8. The van der Waals surface area contributed by atoms with Crippen LogP contribution in [-0.4, -0.2) is 39.0 Å². The monoisotopic (exact) mass is 341 g/mol. The molecule has 2 bridgehead atoms. The van der Waals surface area contributed by atoms with Crippen LogP contribution in [0.4, 0.5) is 5.82 Å². The SMILES string of the molecule is CC(c1ccccc1)n1ccc(NC(=O)C23CC(C(=O)O)(CO2)C3)n1. The van der Waals surface area contributed by atoms with E-state index < -0.39 is 17.0 Å². The lowest BCUT2D eigenvalue weighted by molar-refractivity contribution is -0.156. The third-order valence-electron chi connectivity index (χ3n) is 5.27. The minimum atomic E-state index is -1.02. The van der Waals surface area contributed by atoms with Gasteiger partial charge in [0.25, 0.3) is 5.91 Å². The summed E-state index contributed by atoms with van der Waals surface area (Å²) in [6, 6.07) is 11.7. The van der Waals surface area contributed by atoms with Gasteiger partial charge < -0.3 is 15.2 Å². The van der Waals surface area contributed by atoms with Crippen LogP contribution in [0.1, 0.15) is 31.4 Å². The van der Waals surface area contributed by atoms with E-state index in [2.05, 4.69) is 10.4 Å². The van der Waals surface area contributed by atoms with E-state index in [4.69, 9.17) is 4.74 Å². The van der Waals surface area contributed by atoms with Gasteiger partial charge in [0.15, 0.2) is 5.82 Å². The van der Waals surface area contributed by atoms with Crippen molar-refractivity contribution in [2.75, 3.05) is 11.9 Å². The molecule has 2 N–H and O–H groups in total. The number of hydrogen-bond acceptors (Lipinski definition) is 4. The van der Waals surface area contributed by atoms with E-state index in [9.17, 15) is 14.7 Å². The average molecular weight is 341 g/mol. The zero-order valence-electron chi connectivity index (χ0n) is 13.8. The second kappa shape index (κ2) is 5.42. The van der Waals surface area contributed by atoms with E-state index in [1.54, 1.807) is 10.7 Å². The van der Waals surface area contributed by atoms with Gasteiger partial charge in [-0.1, -0.05) is 30.3 Å². The van der Waals surface area contributed by atoms with Gasteiger partial charge >= 0.3 is 5.97 Å². The fraction of sp³-hybridized carbons (Fsp3) is 0.389. The predicted octanol–water partition coefficient (Wildman–Crippen LogP) is 2.06. The molecule has 1 aliphatic carbocycles. The lowest BCUT2D eigenvalue weighted by Gasteiger charge is -2.39. The van der Waals surface area contributed by atoms with E-state index in [1.807, 2.05) is 43.5 Å². The maximum absolute atomic E-state index is 12.5. The number of carbonyl (C=O) groups excluding carboxylic acids is 1. The molecule has 7 heteroatoms. The van der Waals surface area contributed by atoms with E-state index in [0.717, 1.165) is 5.56 Å². The van der Waals surface area contributed by atoms with Crippen LogP contribution in [0.3, 0.4) is 0 Å². The fourth-order valence-corrected chi connectivity index (χ4v) is 3.70. The summed E-state index contributed by atoms with van der Waals surface area (Å²) in [7, 11) is 0. The lowest BCUT2D eigenvalue weighted by Crippen LogP contribution is -2.55. The number of fused-ring (bicyclic) bond motifs is 1. The van der Waals surface area contributed by atoms with E-state index in [1.165, 1.54) is 0 Å². The summed E-state index contributed by atoms with van der Waals surface area (Å²) in [5, 5.41) is 16.4. The second-order valence-electron chi connectivity index (χ2n) is 6.94. The highest BCUT2D eigenvalue weighted by molar-refractivity contribution is 6.00. The molecule has 1 atom stereocenters. The number of carboxylic acids is 1. The first-order valence-corrected chi connectivity index (χ1v) is 8.23. The molecule has 1 amide bonds. The molecule has 3 fully saturated rings. The molecule has 2 aromatic rings. The summed E-state index contributed by atoms with van der Waals surface area (Å²) in [5.74, 6) is -0.778. The van der Waals surface area contributed by atoms with Crippen LogP contribution in [-0.2, 0) is 14.3 Å². The summed E-state index contributed by atoms with van der Waals surface area (Å²) in [6.45, 7) is 2.12. The molecule has 1 aromatic carbocycles. The normalized spacial score (nSPS) is 28.2. The smallest absolute Gasteiger partial charge is 0.312 e. The molecule has 5 rings (SSSR count). The number of rotatable bonds is 5. The highest BCUT2D eigenvalue weighted by Gasteiger charge is 2.70. The number of anilines is 1. The molecule has 0 spiro atoms. The number of nitrogens with one attached hydrogen (secondary N) is 1. The number of amides is 1. The quantitative estimate of drug-likeness (QED) is 0.868. The van der Waals surface area contributed by atoms with Crippen LogP contribution < -0.4 is 5.32 Å². The minimum Gasteiger partial charge on any atom is -0.481 e. The third-order valence-corrected chi connectivity index (χ3v) is 5.27. The number of carbonyl (C=O) groups is 2. The number of carboxylic acid groups (broad SMARTS) is 1. The number of aromatic nitrogens is 2. The van der Waals surface area contributed by atoms with Crippen molar-refractivity contribution in [2.24, 2.45) is 5.41 Å². The first kappa shape index (κ1) is 15.8. The average Bonchev–Trinajstić information content (AvgIpc) is 3.28. The van der Waals surface area contributed by atoms with E-state index in [0.29, 0.717) is 5.82 Å². The standard InChI is InChI=1S/C18H19N3O4/c1-12(13-5-3-2-4-6-13)21-8-7-14(20-21)19-15(22)18-9-17(10-18,11-25-18)16(23)24/h2-8,12H,9-11H2,1H3,(H,23,24)(H,19,20,22). The van der Waals surface area contributed by atoms with Gasteiger partial charge in [-0.15, -0.1) is 0 Å². The van der Waals surface area contributed by atoms with Crippen LogP contribution in [0.15, 0.2) is 42.6 Å². The molecule has 25 heavy (non-hydrogen) atoms. The Balaban J connectivity index is 1.44. The fourth-order valence-electron chi connectivity index (χ4n) is 3.70. The molecule has 7 nitrogen and oxygen atoms in total. The maximum Gasteiger partial charge on any atom is 0.312 e. The number of ether oxygens (including phenoxy) is 1. The van der Waals surface area contributed by atoms with Crippen LogP contribution in [0.5, 0.6) is 0 Å². The highest BCUT2D eigenvalue weighted by Crippen LogP contribution is 2.58. The molecule has 2 aliphatic heterocycles. The first-order chi connectivity index (χ1) is 11.9. The van der Waals surface area contributed by atoms with Crippen LogP contribution in [0.25, 0.3) is 0 Å². The Morgan fingerprint density at radius 3 is 2.64 bits per heavy atom. The number of aliphatic carboxylic acids is 1. The van der Waals surface area contributed by atoms with Gasteiger partial charge in [0.2, 0.25) is 0 Å². The van der Waals surface area contributed by atoms with E-state index >= 15 is 0 Å². The van der Waals surface area contributed by atoms with Gasteiger partial charge in [-0.05, 0) is 12.5 Å². The van der Waals surface area contributed by atoms with Gasteiger partial charge in [-0.2, -0.15) is 5.10 Å². The lowest BCUT2D eigenvalue weighted by atomic mass is 9.62. The summed E-state index contributed by atoms with van der Waals surface area (Å²) in [5.41, 5.74) is -0.794. The molecule has 1 aromatic heterocycles. The van der Waals surface area contributed by atoms with Gasteiger partial charge in [-0.3, -0.25) is 14.3 Å².